The number of nitrogens with one attached hydrogen (secondary N) is 1. The highest BCUT2D eigenvalue weighted by molar-refractivity contribution is 5.81. The van der Waals surface area contributed by atoms with Crippen LogP contribution in [0, 0.1) is 11.3 Å². The average Bonchev–Trinajstić information content (AvgIpc) is 3.55. The summed E-state index contributed by atoms with van der Waals surface area (Å²) in [6.07, 6.45) is -1.74. The molecule has 164 valence electrons. The zero-order valence-corrected chi connectivity index (χ0v) is 17.5. The van der Waals surface area contributed by atoms with Crippen molar-refractivity contribution in [3.05, 3.63) is 66.2 Å². The van der Waals surface area contributed by atoms with Crippen molar-refractivity contribution in [2.45, 2.75) is 24.4 Å². The Hall–Kier alpha value is -3.77. The Bertz CT molecular complexity index is 1350. The molecular formula is C25H20N4O4. The van der Waals surface area contributed by atoms with E-state index < -0.39 is 6.10 Å². The van der Waals surface area contributed by atoms with E-state index >= 15 is 0 Å². The number of hydrogen-bond acceptors (Lipinski definition) is 7. The summed E-state index contributed by atoms with van der Waals surface area (Å²) in [5.74, 6) is 0. The van der Waals surface area contributed by atoms with E-state index in [0.717, 1.165) is 16.7 Å². The topological polar surface area (TPSA) is 113 Å². The highest BCUT2D eigenvalue weighted by Crippen LogP contribution is 2.31. The van der Waals surface area contributed by atoms with E-state index in [1.807, 2.05) is 42.5 Å². The molecule has 4 aromatic rings. The second-order valence-corrected chi connectivity index (χ2v) is 8.17. The maximum absolute atomic E-state index is 9.91. The number of aliphatic hydroxyl groups excluding tert-OH is 1. The largest absolute Gasteiger partial charge is 0.456 e. The molecule has 4 heterocycles. The molecule has 4 unspecified atom stereocenters. The molecule has 0 spiro atoms. The van der Waals surface area contributed by atoms with Gasteiger partial charge in [0, 0.05) is 5.56 Å². The van der Waals surface area contributed by atoms with Crippen LogP contribution >= 0.6 is 0 Å². The standard InChI is InChI=1S/C25H20N4O4/c26-11-17-10-18-24(29-25(27-18)33-20-13-32-22-19(30)12-31-23(20)22)28-21(17)16-8-6-15(7-9-16)14-4-2-1-3-5-14/h1-10,19-20,22-23,30H,12-13H2,(H,27,28,29). The fourth-order valence-electron chi connectivity index (χ4n) is 4.42. The van der Waals surface area contributed by atoms with Gasteiger partial charge in [-0.05, 0) is 17.2 Å². The molecule has 0 bridgehead atoms. The van der Waals surface area contributed by atoms with Gasteiger partial charge in [-0.3, -0.25) is 0 Å². The fourth-order valence-corrected chi connectivity index (χ4v) is 4.42. The van der Waals surface area contributed by atoms with E-state index in [2.05, 4.69) is 33.2 Å². The number of hydrogen-bond donors (Lipinski definition) is 2. The molecule has 8 nitrogen and oxygen atoms in total. The van der Waals surface area contributed by atoms with Crippen LogP contribution in [0.5, 0.6) is 6.01 Å². The van der Waals surface area contributed by atoms with Gasteiger partial charge in [0.1, 0.15) is 24.4 Å². The maximum atomic E-state index is 9.91. The maximum Gasteiger partial charge on any atom is 0.296 e. The van der Waals surface area contributed by atoms with Crippen molar-refractivity contribution < 1.29 is 19.3 Å². The molecular weight excluding hydrogens is 420 g/mol. The van der Waals surface area contributed by atoms with Gasteiger partial charge in [0.15, 0.2) is 11.8 Å². The number of rotatable bonds is 4. The van der Waals surface area contributed by atoms with Crippen molar-refractivity contribution in [2.24, 2.45) is 0 Å². The lowest BCUT2D eigenvalue weighted by Crippen LogP contribution is -2.34. The molecule has 2 aromatic heterocycles. The van der Waals surface area contributed by atoms with Crippen LogP contribution in [0.15, 0.2) is 60.7 Å². The van der Waals surface area contributed by atoms with Crippen LogP contribution in [0.3, 0.4) is 0 Å². The molecule has 0 aliphatic carbocycles. The molecule has 0 radical (unpaired) electrons. The number of benzene rings is 2. The SMILES string of the molecule is N#Cc1cc2[nH]c(OC3COC4C(O)COC34)nc2nc1-c1ccc(-c2ccccc2)cc1. The molecule has 4 atom stereocenters. The van der Waals surface area contributed by atoms with Crippen LogP contribution in [-0.2, 0) is 9.47 Å². The van der Waals surface area contributed by atoms with Gasteiger partial charge < -0.3 is 24.3 Å². The second-order valence-electron chi connectivity index (χ2n) is 8.17. The van der Waals surface area contributed by atoms with Gasteiger partial charge in [0.25, 0.3) is 6.01 Å². The first-order valence-corrected chi connectivity index (χ1v) is 10.7. The molecule has 0 saturated carbocycles. The Labute approximate surface area is 189 Å². The summed E-state index contributed by atoms with van der Waals surface area (Å²) in [5, 5.41) is 19.6. The minimum atomic E-state index is -0.644. The Kier molecular flexibility index (Phi) is 4.80. The number of imidazole rings is 1. The predicted octanol–water partition coefficient (Wildman–Crippen LogP) is 3.07. The quantitative estimate of drug-likeness (QED) is 0.501. The van der Waals surface area contributed by atoms with Gasteiger partial charge in [-0.1, -0.05) is 54.6 Å². The Morgan fingerprint density at radius 3 is 2.45 bits per heavy atom. The molecule has 2 fully saturated rings. The lowest BCUT2D eigenvalue weighted by atomic mass is 10.0. The summed E-state index contributed by atoms with van der Waals surface area (Å²) in [6, 6.07) is 22.3. The number of aromatic nitrogens is 3. The Balaban J connectivity index is 1.29. The predicted molar refractivity (Wildman–Crippen MR) is 119 cm³/mol. The Morgan fingerprint density at radius 1 is 0.939 bits per heavy atom. The molecule has 2 N–H and O–H groups in total. The minimum Gasteiger partial charge on any atom is -0.456 e. The van der Waals surface area contributed by atoms with Gasteiger partial charge in [0.2, 0.25) is 0 Å². The third-order valence-electron chi connectivity index (χ3n) is 6.08. The summed E-state index contributed by atoms with van der Waals surface area (Å²) < 4.78 is 17.2. The second kappa shape index (κ2) is 7.98. The van der Waals surface area contributed by atoms with E-state index in [1.165, 1.54) is 0 Å². The van der Waals surface area contributed by atoms with E-state index in [4.69, 9.17) is 14.2 Å². The third kappa shape index (κ3) is 3.52. The number of H-pyrrole nitrogens is 1. The van der Waals surface area contributed by atoms with E-state index in [1.54, 1.807) is 6.07 Å². The first-order chi connectivity index (χ1) is 16.2. The van der Waals surface area contributed by atoms with Crippen molar-refractivity contribution in [3.8, 4) is 34.5 Å². The molecule has 2 aliphatic heterocycles. The van der Waals surface area contributed by atoms with Crippen molar-refractivity contribution >= 4 is 11.2 Å². The minimum absolute atomic E-state index is 0.231. The number of fused-ring (bicyclic) bond motifs is 2. The fraction of sp³-hybridized carbons (Fsp3) is 0.240. The number of pyridine rings is 1. The smallest absolute Gasteiger partial charge is 0.296 e. The van der Waals surface area contributed by atoms with Crippen LogP contribution in [-0.4, -0.2) is 57.7 Å². The van der Waals surface area contributed by atoms with Crippen molar-refractivity contribution in [3.63, 3.8) is 0 Å². The molecule has 33 heavy (non-hydrogen) atoms. The number of ether oxygens (including phenoxy) is 3. The lowest BCUT2D eigenvalue weighted by Gasteiger charge is -2.15. The molecule has 2 aliphatic rings. The number of nitriles is 1. The summed E-state index contributed by atoms with van der Waals surface area (Å²) in [7, 11) is 0. The average molecular weight is 440 g/mol. The van der Waals surface area contributed by atoms with Crippen molar-refractivity contribution in [1.82, 2.24) is 15.0 Å². The van der Waals surface area contributed by atoms with Crippen LogP contribution in [0.2, 0.25) is 0 Å². The zero-order valence-electron chi connectivity index (χ0n) is 17.5. The molecule has 0 amide bonds. The van der Waals surface area contributed by atoms with Crippen LogP contribution in [0.25, 0.3) is 33.5 Å². The van der Waals surface area contributed by atoms with Gasteiger partial charge >= 0.3 is 0 Å². The van der Waals surface area contributed by atoms with Gasteiger partial charge in [0.05, 0.1) is 30.0 Å². The van der Waals surface area contributed by atoms with Gasteiger partial charge in [-0.15, -0.1) is 0 Å². The van der Waals surface area contributed by atoms with Gasteiger partial charge in [-0.2, -0.15) is 10.2 Å². The molecule has 6 rings (SSSR count). The normalized spacial score (nSPS) is 24.0. The first-order valence-electron chi connectivity index (χ1n) is 10.7. The zero-order chi connectivity index (χ0) is 22.4. The van der Waals surface area contributed by atoms with Gasteiger partial charge in [-0.25, -0.2) is 4.98 Å². The van der Waals surface area contributed by atoms with Crippen LogP contribution in [0.1, 0.15) is 5.56 Å². The van der Waals surface area contributed by atoms with E-state index in [0.29, 0.717) is 29.0 Å². The van der Waals surface area contributed by atoms with Crippen molar-refractivity contribution in [2.75, 3.05) is 13.2 Å². The number of aromatic amines is 1. The highest BCUT2D eigenvalue weighted by atomic mass is 16.6. The van der Waals surface area contributed by atoms with Crippen molar-refractivity contribution in [1.29, 1.82) is 5.26 Å². The summed E-state index contributed by atoms with van der Waals surface area (Å²) in [4.78, 5) is 12.2. The first kappa shape index (κ1) is 19.9. The number of aliphatic hydroxyl groups is 1. The summed E-state index contributed by atoms with van der Waals surface area (Å²) in [5.41, 5.74) is 5.11. The monoisotopic (exact) mass is 440 g/mol. The van der Waals surface area contributed by atoms with E-state index in [-0.39, 0.29) is 30.9 Å². The highest BCUT2D eigenvalue weighted by Gasteiger charge is 2.48. The lowest BCUT2D eigenvalue weighted by molar-refractivity contribution is 0.00706. The summed E-state index contributed by atoms with van der Waals surface area (Å²) >= 11 is 0. The van der Waals surface area contributed by atoms with Crippen LogP contribution < -0.4 is 4.74 Å². The number of nitrogens with zero attached hydrogens (tertiary/aromatic N) is 3. The van der Waals surface area contributed by atoms with E-state index in [9.17, 15) is 10.4 Å². The summed E-state index contributed by atoms with van der Waals surface area (Å²) in [6.45, 7) is 0.536. The molecule has 2 saturated heterocycles. The molecule has 8 heteroatoms. The van der Waals surface area contributed by atoms with Crippen LogP contribution in [0.4, 0.5) is 0 Å². The Morgan fingerprint density at radius 2 is 1.67 bits per heavy atom. The molecule has 2 aromatic carbocycles. The third-order valence-corrected chi connectivity index (χ3v) is 6.08.